The molecule has 0 heterocycles. The minimum absolute atomic E-state index is 0.254. The molecule has 4 rings (SSSR count). The summed E-state index contributed by atoms with van der Waals surface area (Å²) in [7, 11) is 0. The van der Waals surface area contributed by atoms with Crippen LogP contribution in [0.25, 0.3) is 0 Å². The molecule has 2 aliphatic rings. The highest BCUT2D eigenvalue weighted by Gasteiger charge is 2.74. The van der Waals surface area contributed by atoms with E-state index < -0.39 is 29.2 Å². The Morgan fingerprint density at radius 1 is 1.10 bits per heavy atom. The van der Waals surface area contributed by atoms with E-state index in [1.54, 1.807) is 6.92 Å². The molecule has 4 heteroatoms. The van der Waals surface area contributed by atoms with Crippen LogP contribution in [0.3, 0.4) is 0 Å². The van der Waals surface area contributed by atoms with Crippen molar-refractivity contribution in [1.29, 1.82) is 0 Å². The summed E-state index contributed by atoms with van der Waals surface area (Å²) in [6.45, 7) is 6.16. The molecule has 0 spiro atoms. The van der Waals surface area contributed by atoms with Gasteiger partial charge in [0.1, 0.15) is 11.7 Å². The topological polar surface area (TPSA) is 66.8 Å². The number of hydrogen-bond acceptors (Lipinski definition) is 4. The Hall–Kier alpha value is -2.17. The number of aliphatic hydroxyl groups is 2. The molecule has 4 nitrogen and oxygen atoms in total. The number of benzene rings is 2. The van der Waals surface area contributed by atoms with Crippen LogP contribution in [0.1, 0.15) is 57.6 Å². The van der Waals surface area contributed by atoms with Gasteiger partial charge >= 0.3 is 5.97 Å². The second-order valence-electron chi connectivity index (χ2n) is 9.46. The molecule has 0 saturated heterocycles. The smallest absolute Gasteiger partial charge is 0.335 e. The molecule has 2 bridgehead atoms. The van der Waals surface area contributed by atoms with E-state index in [1.807, 2.05) is 60.7 Å². The summed E-state index contributed by atoms with van der Waals surface area (Å²) >= 11 is 0. The van der Waals surface area contributed by atoms with E-state index in [0.29, 0.717) is 18.8 Å². The number of carbonyl (C=O) groups excluding carboxylic acids is 1. The number of aliphatic hydroxyl groups excluding tert-OH is 1. The van der Waals surface area contributed by atoms with Crippen LogP contribution in [-0.2, 0) is 15.1 Å². The van der Waals surface area contributed by atoms with E-state index in [0.717, 1.165) is 24.0 Å². The quantitative estimate of drug-likeness (QED) is 0.694. The van der Waals surface area contributed by atoms with Gasteiger partial charge in [-0.25, -0.2) is 4.79 Å². The lowest BCUT2D eigenvalue weighted by Crippen LogP contribution is -2.57. The number of ether oxygens (including phenoxy) is 1. The van der Waals surface area contributed by atoms with Gasteiger partial charge in [0.2, 0.25) is 0 Å². The van der Waals surface area contributed by atoms with E-state index >= 15 is 0 Å². The lowest BCUT2D eigenvalue weighted by Gasteiger charge is -2.53. The van der Waals surface area contributed by atoms with Gasteiger partial charge in [-0.2, -0.15) is 0 Å². The van der Waals surface area contributed by atoms with Gasteiger partial charge in [0.25, 0.3) is 0 Å². The van der Waals surface area contributed by atoms with Gasteiger partial charge in [-0.1, -0.05) is 81.4 Å². The molecule has 2 aromatic carbocycles. The van der Waals surface area contributed by atoms with Crippen LogP contribution in [0.15, 0.2) is 60.7 Å². The molecule has 2 aromatic rings. The van der Waals surface area contributed by atoms with Crippen molar-refractivity contribution < 1.29 is 19.7 Å². The summed E-state index contributed by atoms with van der Waals surface area (Å²) in [5.41, 5.74) is -0.661. The maximum absolute atomic E-state index is 12.7. The van der Waals surface area contributed by atoms with Crippen molar-refractivity contribution >= 4 is 5.97 Å². The number of hydrogen-bond donors (Lipinski definition) is 2. The molecule has 2 N–H and O–H groups in total. The fourth-order valence-electron chi connectivity index (χ4n) is 6.35. The summed E-state index contributed by atoms with van der Waals surface area (Å²) in [4.78, 5) is 12.6. The fourth-order valence-corrected chi connectivity index (χ4v) is 6.35. The van der Waals surface area contributed by atoms with E-state index in [1.165, 1.54) is 0 Å². The minimum atomic E-state index is -1.33. The summed E-state index contributed by atoms with van der Waals surface area (Å²) in [5.74, 6) is -0.248. The number of esters is 1. The first-order valence-electron chi connectivity index (χ1n) is 11.0. The lowest BCUT2D eigenvalue weighted by atomic mass is 9.54. The number of fused-ring (bicyclic) bond motifs is 2. The second kappa shape index (κ2) is 7.51. The third-order valence-corrected chi connectivity index (χ3v) is 8.05. The van der Waals surface area contributed by atoms with Crippen molar-refractivity contribution in [3.63, 3.8) is 0 Å². The van der Waals surface area contributed by atoms with Crippen LogP contribution in [-0.4, -0.2) is 28.4 Å². The van der Waals surface area contributed by atoms with Crippen LogP contribution >= 0.6 is 0 Å². The van der Waals surface area contributed by atoms with Crippen molar-refractivity contribution in [2.75, 3.05) is 0 Å². The first kappa shape index (κ1) is 21.1. The largest absolute Gasteiger partial charge is 0.460 e. The van der Waals surface area contributed by atoms with Gasteiger partial charge < -0.3 is 14.9 Å². The van der Waals surface area contributed by atoms with Gasteiger partial charge in [0.05, 0.1) is 0 Å². The summed E-state index contributed by atoms with van der Waals surface area (Å²) < 4.78 is 5.98. The average molecular weight is 409 g/mol. The van der Waals surface area contributed by atoms with Crippen molar-refractivity contribution in [3.8, 4) is 0 Å². The Balaban J connectivity index is 1.91. The molecular formula is C26H32O4. The average Bonchev–Trinajstić information content (AvgIpc) is 3.16. The van der Waals surface area contributed by atoms with Crippen LogP contribution < -0.4 is 0 Å². The predicted octanol–water partition coefficient (Wildman–Crippen LogP) is 4.43. The van der Waals surface area contributed by atoms with E-state index in [2.05, 4.69) is 13.8 Å². The molecule has 0 unspecified atom stereocenters. The number of carbonyl (C=O) groups is 1. The number of rotatable bonds is 6. The first-order valence-corrected chi connectivity index (χ1v) is 11.0. The Morgan fingerprint density at radius 2 is 1.63 bits per heavy atom. The summed E-state index contributed by atoms with van der Waals surface area (Å²) in [6, 6.07) is 19.5. The van der Waals surface area contributed by atoms with Gasteiger partial charge in [0, 0.05) is 5.41 Å². The van der Waals surface area contributed by atoms with E-state index in [9.17, 15) is 15.0 Å². The summed E-state index contributed by atoms with van der Waals surface area (Å²) in [6.07, 6.45) is 1.16. The van der Waals surface area contributed by atoms with Crippen molar-refractivity contribution in [2.45, 2.75) is 64.3 Å². The normalized spacial score (nSPS) is 28.3. The third-order valence-electron chi connectivity index (χ3n) is 8.05. The zero-order valence-electron chi connectivity index (χ0n) is 18.0. The highest BCUT2D eigenvalue weighted by molar-refractivity contribution is 5.74. The van der Waals surface area contributed by atoms with Gasteiger partial charge in [-0.15, -0.1) is 0 Å². The SMILES string of the molecule is CC[C@@H](O)C(=O)O[C@H]1C[C@@H]2CC[C@@]1(C(O)(c1ccccc1)c1ccccc1)C2(C)C. The minimum Gasteiger partial charge on any atom is -0.460 e. The van der Waals surface area contributed by atoms with E-state index in [4.69, 9.17) is 4.74 Å². The Labute approximate surface area is 178 Å². The Morgan fingerprint density at radius 3 is 2.10 bits per heavy atom. The fraction of sp³-hybridized carbons (Fsp3) is 0.500. The lowest BCUT2D eigenvalue weighted by molar-refractivity contribution is -0.191. The van der Waals surface area contributed by atoms with E-state index in [-0.39, 0.29) is 5.41 Å². The molecule has 30 heavy (non-hydrogen) atoms. The molecule has 4 atom stereocenters. The van der Waals surface area contributed by atoms with Crippen LogP contribution in [0.5, 0.6) is 0 Å². The standard InChI is InChI=1S/C26H32O4/c1-4-21(27)23(28)30-22-17-20-15-16-25(22,24(20,2)3)26(29,18-11-7-5-8-12-18)19-13-9-6-10-14-19/h5-14,20-22,27,29H,4,15-17H2,1-3H3/t20-,21+,22-,25-/m0/s1. The van der Waals surface area contributed by atoms with Crippen LogP contribution in [0.4, 0.5) is 0 Å². The van der Waals surface area contributed by atoms with Crippen LogP contribution in [0.2, 0.25) is 0 Å². The molecule has 2 saturated carbocycles. The molecule has 0 radical (unpaired) electrons. The zero-order valence-corrected chi connectivity index (χ0v) is 18.0. The molecular weight excluding hydrogens is 376 g/mol. The maximum Gasteiger partial charge on any atom is 0.335 e. The molecule has 2 aliphatic carbocycles. The maximum atomic E-state index is 12.7. The highest BCUT2D eigenvalue weighted by Crippen LogP contribution is 2.73. The third kappa shape index (κ3) is 2.77. The van der Waals surface area contributed by atoms with Crippen LogP contribution in [0, 0.1) is 16.7 Å². The molecule has 2 fully saturated rings. The summed E-state index contributed by atoms with van der Waals surface area (Å²) in [5, 5.41) is 22.8. The molecule has 0 amide bonds. The first-order chi connectivity index (χ1) is 14.3. The Kier molecular flexibility index (Phi) is 5.27. The van der Waals surface area contributed by atoms with Crippen molar-refractivity contribution in [1.82, 2.24) is 0 Å². The monoisotopic (exact) mass is 408 g/mol. The Bertz CT molecular complexity index is 852. The zero-order chi connectivity index (χ0) is 21.6. The van der Waals surface area contributed by atoms with Crippen molar-refractivity contribution in [3.05, 3.63) is 71.8 Å². The molecule has 0 aromatic heterocycles. The molecule has 160 valence electrons. The van der Waals surface area contributed by atoms with Crippen molar-refractivity contribution in [2.24, 2.45) is 16.7 Å². The van der Waals surface area contributed by atoms with Gasteiger partial charge in [-0.3, -0.25) is 0 Å². The highest BCUT2D eigenvalue weighted by atomic mass is 16.6. The van der Waals surface area contributed by atoms with Gasteiger partial charge in [-0.05, 0) is 48.1 Å². The molecule has 0 aliphatic heterocycles. The predicted molar refractivity (Wildman–Crippen MR) is 116 cm³/mol. The van der Waals surface area contributed by atoms with Gasteiger partial charge in [0.15, 0.2) is 6.10 Å². The second-order valence-corrected chi connectivity index (χ2v) is 9.46.